The normalized spacial score (nSPS) is 10.2. The molecule has 0 spiro atoms. The number of amides is 1. The highest BCUT2D eigenvalue weighted by atomic mass is 32.1. The number of nitrogens with one attached hydrogen (secondary N) is 2. The second kappa shape index (κ2) is 6.79. The molecule has 7 heteroatoms. The quantitative estimate of drug-likeness (QED) is 0.840. The lowest BCUT2D eigenvalue weighted by atomic mass is 10.3. The van der Waals surface area contributed by atoms with Crippen LogP contribution in [0.3, 0.4) is 0 Å². The lowest BCUT2D eigenvalue weighted by molar-refractivity contribution is 0.0950. The Hall–Kier alpha value is -2.02. The van der Waals surface area contributed by atoms with Gasteiger partial charge in [-0.05, 0) is 24.1 Å². The van der Waals surface area contributed by atoms with Crippen molar-refractivity contribution >= 4 is 22.4 Å². The largest absolute Gasteiger partial charge is 0.360 e. The third-order valence-electron chi connectivity index (χ3n) is 2.35. The molecule has 0 fully saturated rings. The van der Waals surface area contributed by atoms with Gasteiger partial charge in [-0.1, -0.05) is 18.3 Å². The lowest BCUT2D eigenvalue weighted by Crippen LogP contribution is -2.22. The van der Waals surface area contributed by atoms with E-state index in [0.29, 0.717) is 16.7 Å². The smallest absolute Gasteiger partial charge is 0.282 e. The summed E-state index contributed by atoms with van der Waals surface area (Å²) in [6.07, 6.45) is 4.39. The SMILES string of the molecule is CCCNc1nnc(C(=O)NCc2ccncc2)s1. The number of rotatable bonds is 6. The van der Waals surface area contributed by atoms with Crippen LogP contribution in [0.25, 0.3) is 0 Å². The number of hydrogen-bond acceptors (Lipinski definition) is 6. The molecule has 2 rings (SSSR count). The summed E-state index contributed by atoms with van der Waals surface area (Å²) < 4.78 is 0. The molecule has 0 aromatic carbocycles. The fourth-order valence-electron chi connectivity index (χ4n) is 1.38. The molecule has 0 aliphatic carbocycles. The van der Waals surface area contributed by atoms with Crippen LogP contribution >= 0.6 is 11.3 Å². The van der Waals surface area contributed by atoms with Crippen LogP contribution in [0.5, 0.6) is 0 Å². The van der Waals surface area contributed by atoms with Crippen molar-refractivity contribution in [1.29, 1.82) is 0 Å². The molecule has 2 aromatic rings. The lowest BCUT2D eigenvalue weighted by Gasteiger charge is -2.01. The van der Waals surface area contributed by atoms with Crippen molar-refractivity contribution in [3.8, 4) is 0 Å². The number of hydrogen-bond donors (Lipinski definition) is 2. The molecule has 0 aliphatic heterocycles. The molecule has 19 heavy (non-hydrogen) atoms. The van der Waals surface area contributed by atoms with Crippen molar-refractivity contribution in [3.63, 3.8) is 0 Å². The fraction of sp³-hybridized carbons (Fsp3) is 0.333. The Bertz CT molecular complexity index is 528. The van der Waals surface area contributed by atoms with E-state index in [1.807, 2.05) is 12.1 Å². The van der Waals surface area contributed by atoms with E-state index in [-0.39, 0.29) is 5.91 Å². The Morgan fingerprint density at radius 3 is 2.84 bits per heavy atom. The first-order valence-corrected chi connectivity index (χ1v) is 6.85. The van der Waals surface area contributed by atoms with Gasteiger partial charge in [0.25, 0.3) is 5.91 Å². The van der Waals surface area contributed by atoms with E-state index in [1.54, 1.807) is 12.4 Å². The molecule has 6 nitrogen and oxygen atoms in total. The molecule has 0 unspecified atom stereocenters. The van der Waals surface area contributed by atoms with Gasteiger partial charge in [0.05, 0.1) is 0 Å². The first-order valence-electron chi connectivity index (χ1n) is 6.04. The minimum atomic E-state index is -0.209. The molecule has 100 valence electrons. The molecule has 0 radical (unpaired) electrons. The van der Waals surface area contributed by atoms with Gasteiger partial charge in [-0.3, -0.25) is 9.78 Å². The second-order valence-electron chi connectivity index (χ2n) is 3.88. The van der Waals surface area contributed by atoms with Crippen LogP contribution in [0.15, 0.2) is 24.5 Å². The summed E-state index contributed by atoms with van der Waals surface area (Å²) in [5, 5.41) is 14.7. The van der Waals surface area contributed by atoms with E-state index in [4.69, 9.17) is 0 Å². The fourth-order valence-corrected chi connectivity index (χ4v) is 2.06. The summed E-state index contributed by atoms with van der Waals surface area (Å²) in [7, 11) is 0. The van der Waals surface area contributed by atoms with Crippen molar-refractivity contribution in [3.05, 3.63) is 35.1 Å². The number of aromatic nitrogens is 3. The van der Waals surface area contributed by atoms with Crippen molar-refractivity contribution < 1.29 is 4.79 Å². The average Bonchev–Trinajstić information content (AvgIpc) is 2.92. The van der Waals surface area contributed by atoms with Gasteiger partial charge in [0.15, 0.2) is 0 Å². The monoisotopic (exact) mass is 277 g/mol. The minimum absolute atomic E-state index is 0.209. The average molecular weight is 277 g/mol. The number of anilines is 1. The molecule has 2 N–H and O–H groups in total. The van der Waals surface area contributed by atoms with E-state index >= 15 is 0 Å². The molecule has 0 saturated carbocycles. The van der Waals surface area contributed by atoms with Crippen molar-refractivity contribution in [2.75, 3.05) is 11.9 Å². The van der Waals surface area contributed by atoms with Gasteiger partial charge in [0.1, 0.15) is 0 Å². The van der Waals surface area contributed by atoms with E-state index in [2.05, 4.69) is 32.7 Å². The summed E-state index contributed by atoms with van der Waals surface area (Å²) >= 11 is 1.26. The maximum Gasteiger partial charge on any atom is 0.282 e. The standard InChI is InChI=1S/C12H15N5OS/c1-2-5-14-12-17-16-11(19-12)10(18)15-8-9-3-6-13-7-4-9/h3-4,6-7H,2,5,8H2,1H3,(H,14,17)(H,15,18). The molecule has 1 amide bonds. The summed E-state index contributed by atoms with van der Waals surface area (Å²) in [6.45, 7) is 3.35. The highest BCUT2D eigenvalue weighted by molar-refractivity contribution is 7.17. The molecular formula is C12H15N5OS. The Morgan fingerprint density at radius 2 is 2.11 bits per heavy atom. The van der Waals surface area contributed by atoms with Crippen molar-refractivity contribution in [1.82, 2.24) is 20.5 Å². The predicted molar refractivity (Wildman–Crippen MR) is 74.1 cm³/mol. The molecule has 0 atom stereocenters. The van der Waals surface area contributed by atoms with Gasteiger partial charge in [-0.2, -0.15) is 0 Å². The van der Waals surface area contributed by atoms with Crippen LogP contribution in [-0.4, -0.2) is 27.6 Å². The van der Waals surface area contributed by atoms with Crippen LogP contribution in [0, 0.1) is 0 Å². The zero-order valence-electron chi connectivity index (χ0n) is 10.6. The first kappa shape index (κ1) is 13.4. The molecule has 0 saturated heterocycles. The van der Waals surface area contributed by atoms with Crippen molar-refractivity contribution in [2.24, 2.45) is 0 Å². The second-order valence-corrected chi connectivity index (χ2v) is 4.85. The summed E-state index contributed by atoms with van der Waals surface area (Å²) in [6, 6.07) is 3.71. The van der Waals surface area contributed by atoms with Crippen LogP contribution in [0.4, 0.5) is 5.13 Å². The Morgan fingerprint density at radius 1 is 1.32 bits per heavy atom. The van der Waals surface area contributed by atoms with Crippen LogP contribution in [-0.2, 0) is 6.54 Å². The Kier molecular flexibility index (Phi) is 4.79. The third kappa shape index (κ3) is 3.99. The highest BCUT2D eigenvalue weighted by Crippen LogP contribution is 2.14. The van der Waals surface area contributed by atoms with Crippen LogP contribution < -0.4 is 10.6 Å². The summed E-state index contributed by atoms with van der Waals surface area (Å²) in [4.78, 5) is 15.8. The van der Waals surface area contributed by atoms with Gasteiger partial charge >= 0.3 is 0 Å². The predicted octanol–water partition coefficient (Wildman–Crippen LogP) is 1.68. The van der Waals surface area contributed by atoms with Gasteiger partial charge < -0.3 is 10.6 Å². The third-order valence-corrected chi connectivity index (χ3v) is 3.23. The maximum atomic E-state index is 11.9. The zero-order valence-corrected chi connectivity index (χ0v) is 11.4. The summed E-state index contributed by atoms with van der Waals surface area (Å²) in [5.74, 6) is -0.209. The molecule has 2 heterocycles. The van der Waals surface area contributed by atoms with Crippen LogP contribution in [0.1, 0.15) is 28.7 Å². The molecule has 0 aliphatic rings. The van der Waals surface area contributed by atoms with E-state index in [9.17, 15) is 4.79 Å². The minimum Gasteiger partial charge on any atom is -0.360 e. The van der Waals surface area contributed by atoms with Gasteiger partial charge in [-0.25, -0.2) is 0 Å². The zero-order chi connectivity index (χ0) is 13.5. The van der Waals surface area contributed by atoms with E-state index in [0.717, 1.165) is 18.5 Å². The Labute approximate surface area is 115 Å². The molecule has 0 bridgehead atoms. The molecular weight excluding hydrogens is 262 g/mol. The first-order chi connectivity index (χ1) is 9.29. The van der Waals surface area contributed by atoms with Gasteiger partial charge in [0, 0.05) is 25.5 Å². The summed E-state index contributed by atoms with van der Waals surface area (Å²) in [5.41, 5.74) is 0.997. The molecule has 2 aromatic heterocycles. The Balaban J connectivity index is 1.87. The number of carbonyl (C=O) groups is 1. The van der Waals surface area contributed by atoms with Crippen LogP contribution in [0.2, 0.25) is 0 Å². The van der Waals surface area contributed by atoms with E-state index < -0.39 is 0 Å². The van der Waals surface area contributed by atoms with Gasteiger partial charge in [-0.15, -0.1) is 10.2 Å². The van der Waals surface area contributed by atoms with Crippen molar-refractivity contribution in [2.45, 2.75) is 19.9 Å². The highest BCUT2D eigenvalue weighted by Gasteiger charge is 2.11. The topological polar surface area (TPSA) is 79.8 Å². The van der Waals surface area contributed by atoms with Gasteiger partial charge in [0.2, 0.25) is 10.1 Å². The number of pyridine rings is 1. The van der Waals surface area contributed by atoms with E-state index in [1.165, 1.54) is 11.3 Å². The number of carbonyl (C=O) groups excluding carboxylic acids is 1. The number of nitrogens with zero attached hydrogens (tertiary/aromatic N) is 3. The maximum absolute atomic E-state index is 11.9.